The molecule has 0 aromatic carbocycles. The van der Waals surface area contributed by atoms with Gasteiger partial charge in [-0.05, 0) is 12.1 Å². The van der Waals surface area contributed by atoms with Gasteiger partial charge in [-0.3, -0.25) is 10.2 Å². The van der Waals surface area contributed by atoms with Crippen LogP contribution in [0, 0.1) is 0 Å². The molecule has 0 saturated heterocycles. The Balaban J connectivity index is 2.47. The van der Waals surface area contributed by atoms with Crippen LogP contribution in [0.5, 0.6) is 0 Å². The average Bonchev–Trinajstić information content (AvgIpc) is 2.71. The molecule has 15 heavy (non-hydrogen) atoms. The minimum Gasteiger partial charge on any atom is -0.459 e. The van der Waals surface area contributed by atoms with Gasteiger partial charge in [-0.25, -0.2) is 5.01 Å². The average molecular weight is 251 g/mol. The molecule has 4 nitrogen and oxygen atoms in total. The van der Waals surface area contributed by atoms with E-state index in [1.165, 1.54) is 6.26 Å². The van der Waals surface area contributed by atoms with Crippen LogP contribution in [-0.4, -0.2) is 35.8 Å². The SMILES string of the molecule is O=C(NN(CCCl)CCCl)c1ccco1. The van der Waals surface area contributed by atoms with Crippen LogP contribution in [0.1, 0.15) is 10.6 Å². The molecule has 0 bridgehead atoms. The van der Waals surface area contributed by atoms with E-state index in [1.807, 2.05) is 0 Å². The van der Waals surface area contributed by atoms with E-state index in [0.29, 0.717) is 24.8 Å². The van der Waals surface area contributed by atoms with Crippen LogP contribution in [0.3, 0.4) is 0 Å². The summed E-state index contributed by atoms with van der Waals surface area (Å²) in [5.41, 5.74) is 2.65. The van der Waals surface area contributed by atoms with Crippen molar-refractivity contribution in [2.45, 2.75) is 0 Å². The molecule has 0 spiro atoms. The second-order valence-corrected chi connectivity index (χ2v) is 3.54. The van der Waals surface area contributed by atoms with Crippen molar-refractivity contribution < 1.29 is 9.21 Å². The van der Waals surface area contributed by atoms with E-state index in [0.717, 1.165) is 0 Å². The van der Waals surface area contributed by atoms with Crippen molar-refractivity contribution in [1.82, 2.24) is 10.4 Å². The third-order valence-corrected chi connectivity index (χ3v) is 2.05. The highest BCUT2D eigenvalue weighted by Crippen LogP contribution is 2.00. The van der Waals surface area contributed by atoms with E-state index in [2.05, 4.69) is 5.43 Å². The third kappa shape index (κ3) is 4.11. The predicted molar refractivity (Wildman–Crippen MR) is 59.2 cm³/mol. The lowest BCUT2D eigenvalue weighted by Crippen LogP contribution is -2.44. The summed E-state index contributed by atoms with van der Waals surface area (Å²) < 4.78 is 4.95. The Hall–Kier alpha value is -0.710. The van der Waals surface area contributed by atoms with Crippen LogP contribution in [-0.2, 0) is 0 Å². The molecule has 1 aromatic heterocycles. The first-order valence-corrected chi connectivity index (χ1v) is 5.56. The van der Waals surface area contributed by atoms with E-state index < -0.39 is 0 Å². The van der Waals surface area contributed by atoms with Crippen molar-refractivity contribution in [3.63, 3.8) is 0 Å². The topological polar surface area (TPSA) is 45.5 Å². The summed E-state index contributed by atoms with van der Waals surface area (Å²) in [6, 6.07) is 3.25. The van der Waals surface area contributed by atoms with Gasteiger partial charge in [-0.15, -0.1) is 23.2 Å². The molecule has 1 aromatic rings. The first-order valence-electron chi connectivity index (χ1n) is 4.49. The van der Waals surface area contributed by atoms with Crippen molar-refractivity contribution >= 4 is 29.1 Å². The summed E-state index contributed by atoms with van der Waals surface area (Å²) in [6.45, 7) is 1.08. The van der Waals surface area contributed by atoms with E-state index in [-0.39, 0.29) is 11.7 Å². The van der Waals surface area contributed by atoms with Gasteiger partial charge >= 0.3 is 5.91 Å². The molecule has 6 heteroatoms. The lowest BCUT2D eigenvalue weighted by molar-refractivity contribution is 0.0779. The summed E-state index contributed by atoms with van der Waals surface area (Å²) >= 11 is 11.2. The quantitative estimate of drug-likeness (QED) is 0.618. The Morgan fingerprint density at radius 2 is 2.07 bits per heavy atom. The summed E-state index contributed by atoms with van der Waals surface area (Å²) in [5, 5.41) is 1.66. The number of hydrogen-bond acceptors (Lipinski definition) is 3. The molecule has 0 aliphatic carbocycles. The Morgan fingerprint density at radius 3 is 2.53 bits per heavy atom. The van der Waals surface area contributed by atoms with Crippen molar-refractivity contribution in [3.8, 4) is 0 Å². The number of furan rings is 1. The van der Waals surface area contributed by atoms with Gasteiger partial charge in [0.05, 0.1) is 6.26 Å². The lowest BCUT2D eigenvalue weighted by atomic mass is 10.4. The number of halogens is 2. The van der Waals surface area contributed by atoms with Gasteiger partial charge in [0.25, 0.3) is 0 Å². The van der Waals surface area contributed by atoms with Gasteiger partial charge in [0, 0.05) is 24.8 Å². The summed E-state index contributed by atoms with van der Waals surface area (Å²) in [5.74, 6) is 0.823. The molecule has 1 heterocycles. The lowest BCUT2D eigenvalue weighted by Gasteiger charge is -2.20. The van der Waals surface area contributed by atoms with E-state index in [1.54, 1.807) is 17.1 Å². The maximum Gasteiger partial charge on any atom is 0.301 e. The van der Waals surface area contributed by atoms with E-state index in [4.69, 9.17) is 27.6 Å². The Labute approximate surface area is 98.1 Å². The number of carbonyl (C=O) groups is 1. The monoisotopic (exact) mass is 250 g/mol. The standard InChI is InChI=1S/C9H12Cl2N2O2/c10-3-5-13(6-4-11)12-9(14)8-2-1-7-15-8/h1-2,7H,3-6H2,(H,12,14). The Bertz CT molecular complexity index is 284. The zero-order chi connectivity index (χ0) is 11.1. The highest BCUT2D eigenvalue weighted by atomic mass is 35.5. The van der Waals surface area contributed by atoms with Crippen LogP contribution in [0.15, 0.2) is 22.8 Å². The largest absolute Gasteiger partial charge is 0.459 e. The number of hydrogen-bond donors (Lipinski definition) is 1. The van der Waals surface area contributed by atoms with Gasteiger partial charge in [0.1, 0.15) is 0 Å². The minimum atomic E-state index is -0.296. The zero-order valence-electron chi connectivity index (χ0n) is 8.08. The smallest absolute Gasteiger partial charge is 0.301 e. The van der Waals surface area contributed by atoms with Crippen molar-refractivity contribution in [2.24, 2.45) is 0 Å². The molecule has 0 radical (unpaired) electrons. The van der Waals surface area contributed by atoms with Gasteiger partial charge in [0.15, 0.2) is 5.76 Å². The summed E-state index contributed by atoms with van der Waals surface area (Å²) in [7, 11) is 0. The van der Waals surface area contributed by atoms with E-state index in [9.17, 15) is 4.79 Å². The molecule has 0 aliphatic heterocycles. The predicted octanol–water partition coefficient (Wildman–Crippen LogP) is 1.70. The van der Waals surface area contributed by atoms with Gasteiger partial charge in [0.2, 0.25) is 0 Å². The molecular weight excluding hydrogens is 239 g/mol. The number of rotatable bonds is 6. The first kappa shape index (κ1) is 12.4. The third-order valence-electron chi connectivity index (χ3n) is 1.71. The number of nitrogens with zero attached hydrogens (tertiary/aromatic N) is 1. The number of hydrazine groups is 1. The van der Waals surface area contributed by atoms with Gasteiger partial charge in [-0.1, -0.05) is 0 Å². The molecule has 0 saturated carbocycles. The number of amides is 1. The zero-order valence-corrected chi connectivity index (χ0v) is 9.59. The van der Waals surface area contributed by atoms with Crippen molar-refractivity contribution in [3.05, 3.63) is 24.2 Å². The van der Waals surface area contributed by atoms with Crippen LogP contribution in [0.4, 0.5) is 0 Å². The Morgan fingerprint density at radius 1 is 1.40 bits per heavy atom. The van der Waals surface area contributed by atoms with Crippen LogP contribution < -0.4 is 5.43 Å². The molecule has 0 fully saturated rings. The van der Waals surface area contributed by atoms with Crippen LogP contribution in [0.25, 0.3) is 0 Å². The molecular formula is C9H12Cl2N2O2. The molecule has 1 amide bonds. The van der Waals surface area contributed by atoms with E-state index >= 15 is 0 Å². The highest BCUT2D eigenvalue weighted by molar-refractivity contribution is 6.18. The second-order valence-electron chi connectivity index (χ2n) is 2.78. The molecule has 1 rings (SSSR count). The molecule has 0 unspecified atom stereocenters. The highest BCUT2D eigenvalue weighted by Gasteiger charge is 2.12. The fourth-order valence-electron chi connectivity index (χ4n) is 1.03. The molecule has 1 N–H and O–H groups in total. The first-order chi connectivity index (χ1) is 7.27. The van der Waals surface area contributed by atoms with Crippen molar-refractivity contribution in [1.29, 1.82) is 0 Å². The second kappa shape index (κ2) is 6.71. The van der Waals surface area contributed by atoms with Crippen LogP contribution in [0.2, 0.25) is 0 Å². The number of carbonyl (C=O) groups excluding carboxylic acids is 1. The normalized spacial score (nSPS) is 10.6. The maximum atomic E-state index is 11.5. The number of alkyl halides is 2. The van der Waals surface area contributed by atoms with Gasteiger partial charge in [-0.2, -0.15) is 0 Å². The maximum absolute atomic E-state index is 11.5. The summed E-state index contributed by atoms with van der Waals surface area (Å²) in [6.07, 6.45) is 1.45. The number of nitrogens with one attached hydrogen (secondary N) is 1. The van der Waals surface area contributed by atoms with Crippen LogP contribution >= 0.6 is 23.2 Å². The van der Waals surface area contributed by atoms with Gasteiger partial charge < -0.3 is 4.42 Å². The summed E-state index contributed by atoms with van der Waals surface area (Å²) in [4.78, 5) is 11.5. The molecule has 84 valence electrons. The van der Waals surface area contributed by atoms with Crippen molar-refractivity contribution in [2.75, 3.05) is 24.8 Å². The molecule has 0 atom stereocenters. The Kier molecular flexibility index (Phi) is 5.53. The fourth-order valence-corrected chi connectivity index (χ4v) is 1.44. The molecule has 0 aliphatic rings. The minimum absolute atomic E-state index is 0.268. The fraction of sp³-hybridized carbons (Fsp3) is 0.444.